The molecule has 0 bridgehead atoms. The van der Waals surface area contributed by atoms with Crippen molar-refractivity contribution in [1.82, 2.24) is 10.4 Å². The third-order valence-electron chi connectivity index (χ3n) is 8.33. The number of rotatable bonds is 17. The van der Waals surface area contributed by atoms with Crippen molar-refractivity contribution >= 4 is 12.4 Å². The fourth-order valence-corrected chi connectivity index (χ4v) is 5.66. The highest BCUT2D eigenvalue weighted by atomic mass is 19.4. The number of benzene rings is 2. The molecule has 0 spiro atoms. The number of hydrazine groups is 1. The Bertz CT molecular complexity index is 1260. The first-order valence-corrected chi connectivity index (χ1v) is 15.3. The van der Waals surface area contributed by atoms with Crippen LogP contribution in [0, 0.1) is 0 Å². The van der Waals surface area contributed by atoms with Gasteiger partial charge in [-0.15, -0.1) is 5.01 Å². The number of amides is 2. The molecule has 3 rings (SSSR count). The Morgan fingerprint density at radius 1 is 1.00 bits per heavy atom. The van der Waals surface area contributed by atoms with Gasteiger partial charge in [-0.1, -0.05) is 57.2 Å². The zero-order valence-electron chi connectivity index (χ0n) is 25.5. The zero-order valence-corrected chi connectivity index (χ0v) is 25.5. The van der Waals surface area contributed by atoms with E-state index in [1.54, 1.807) is 24.3 Å². The van der Waals surface area contributed by atoms with Gasteiger partial charge in [0, 0.05) is 30.4 Å². The van der Waals surface area contributed by atoms with Crippen molar-refractivity contribution < 1.29 is 46.7 Å². The minimum atomic E-state index is -5.61. The van der Waals surface area contributed by atoms with Crippen LogP contribution >= 0.6 is 0 Å². The molecule has 8 nitrogen and oxygen atoms in total. The molecule has 2 amide bonds. The summed E-state index contributed by atoms with van der Waals surface area (Å²) >= 11 is 0. The number of nitrogens with one attached hydrogen (secondary N) is 2. The lowest BCUT2D eigenvalue weighted by molar-refractivity contribution is -0.457. The summed E-state index contributed by atoms with van der Waals surface area (Å²) in [5.41, 5.74) is 9.54. The van der Waals surface area contributed by atoms with E-state index in [9.17, 15) is 37.0 Å². The quantitative estimate of drug-likeness (QED) is 0.0504. The molecule has 0 aliphatic carbocycles. The number of hydrogen-bond acceptors (Lipinski definition) is 5. The summed E-state index contributed by atoms with van der Waals surface area (Å²) in [5.74, 6) is -3.50. The van der Waals surface area contributed by atoms with E-state index in [1.165, 1.54) is 6.34 Å². The Morgan fingerprint density at radius 3 is 2.27 bits per heavy atom. The number of nitrogens with zero attached hydrogens (tertiary/aromatic N) is 1. The van der Waals surface area contributed by atoms with E-state index < -0.39 is 31.0 Å². The van der Waals surface area contributed by atoms with Gasteiger partial charge in [-0.2, -0.15) is 27.4 Å². The predicted octanol–water partition coefficient (Wildman–Crippen LogP) is 5.62. The molecule has 1 heterocycles. The number of carbonyl (C=O) groups excluding carboxylic acids is 1. The van der Waals surface area contributed by atoms with E-state index in [0.717, 1.165) is 67.5 Å². The van der Waals surface area contributed by atoms with Crippen LogP contribution in [0.2, 0.25) is 0 Å². The molecule has 0 fully saturated rings. The first-order valence-electron chi connectivity index (χ1n) is 15.3. The maximum atomic E-state index is 13.0. The van der Waals surface area contributed by atoms with Crippen molar-refractivity contribution in [2.45, 2.75) is 94.6 Å². The summed E-state index contributed by atoms with van der Waals surface area (Å²) in [6, 6.07) is 11.7. The number of alkyl halides is 5. The second kappa shape index (κ2) is 16.1. The second-order valence-electron chi connectivity index (χ2n) is 11.8. The van der Waals surface area contributed by atoms with Crippen molar-refractivity contribution in [3.8, 4) is 17.2 Å². The van der Waals surface area contributed by atoms with Crippen LogP contribution in [0.4, 0.5) is 26.7 Å². The summed E-state index contributed by atoms with van der Waals surface area (Å²) in [4.78, 5) is 14.4. The molecule has 0 aromatic heterocycles. The first kappa shape index (κ1) is 35.9. The van der Waals surface area contributed by atoms with Crippen LogP contribution in [0.3, 0.4) is 0 Å². The molecule has 0 saturated heterocycles. The normalized spacial score (nSPS) is 18.5. The Labute approximate surface area is 260 Å². The van der Waals surface area contributed by atoms with Crippen LogP contribution in [0.1, 0.15) is 88.2 Å². The molecule has 250 valence electrons. The molecule has 6 N–H and O–H groups in total. The molecule has 1 aliphatic rings. The Hall–Kier alpha value is -3.61. The number of halogens is 5. The van der Waals surface area contributed by atoms with Gasteiger partial charge in [-0.05, 0) is 55.0 Å². The van der Waals surface area contributed by atoms with Gasteiger partial charge < -0.3 is 20.7 Å². The highest BCUT2D eigenvalue weighted by Crippen LogP contribution is 2.49. The molecule has 1 aliphatic heterocycles. The molecule has 13 heteroatoms. The highest BCUT2D eigenvalue weighted by molar-refractivity contribution is 5.82. The summed E-state index contributed by atoms with van der Waals surface area (Å²) in [7, 11) is 0. The van der Waals surface area contributed by atoms with Crippen LogP contribution < -0.4 is 20.9 Å². The third kappa shape index (κ3) is 10.2. The van der Waals surface area contributed by atoms with E-state index in [1.807, 2.05) is 18.2 Å². The van der Waals surface area contributed by atoms with Gasteiger partial charge in [0.25, 0.3) is 6.34 Å². The number of urea groups is 1. The van der Waals surface area contributed by atoms with E-state index in [4.69, 9.17) is 10.5 Å². The van der Waals surface area contributed by atoms with E-state index in [-0.39, 0.29) is 29.4 Å². The van der Waals surface area contributed by atoms with Crippen molar-refractivity contribution in [2.75, 3.05) is 19.7 Å². The van der Waals surface area contributed by atoms with Gasteiger partial charge in [0.15, 0.2) is 0 Å². The number of nitrogens with two attached hydrogens (primary N) is 1. The molecule has 45 heavy (non-hydrogen) atoms. The molecular weight excluding hydrogens is 599 g/mol. The number of hydrogen-bond donors (Lipinski definition) is 5. The standard InChI is InChI=1S/C32H43F5N4O4/c1-30(23-11-13-24(42)14-12-23)21-45-28-20-25(43)15-16-26(28)27(30)10-7-5-3-2-4-6-8-18-39-22-41(29(38)44)40-19-9-17-31(33,34)32(35,36)37/h11-16,20,22,27,40,42-43H,2-10,17-19,21H2,1H3,(H2,38,44)/p+1. The Kier molecular flexibility index (Phi) is 12.8. The van der Waals surface area contributed by atoms with E-state index >= 15 is 0 Å². The lowest BCUT2D eigenvalue weighted by Gasteiger charge is -2.43. The summed E-state index contributed by atoms with van der Waals surface area (Å²) in [6.07, 6.45) is 1.72. The lowest BCUT2D eigenvalue weighted by atomic mass is 9.66. The molecule has 2 unspecified atom stereocenters. The number of fused-ring (bicyclic) bond motifs is 1. The van der Waals surface area contributed by atoms with Crippen molar-refractivity contribution in [3.05, 3.63) is 53.6 Å². The van der Waals surface area contributed by atoms with Crippen molar-refractivity contribution in [3.63, 3.8) is 0 Å². The smallest absolute Gasteiger partial charge is 0.453 e. The summed E-state index contributed by atoms with van der Waals surface area (Å²) in [5, 5.41) is 20.6. The second-order valence-corrected chi connectivity index (χ2v) is 11.8. The van der Waals surface area contributed by atoms with Crippen LogP contribution in [0.25, 0.3) is 0 Å². The monoisotopic (exact) mass is 643 g/mol. The van der Waals surface area contributed by atoms with Crippen LogP contribution in [0.5, 0.6) is 17.2 Å². The number of ether oxygens (including phenoxy) is 1. The molecule has 0 radical (unpaired) electrons. The lowest BCUT2D eigenvalue weighted by Crippen LogP contribution is -2.73. The van der Waals surface area contributed by atoms with Gasteiger partial charge in [-0.25, -0.2) is 4.79 Å². The highest BCUT2D eigenvalue weighted by Gasteiger charge is 2.56. The molecular formula is C32H44F5N4O4+. The fourth-order valence-electron chi connectivity index (χ4n) is 5.66. The fraction of sp³-hybridized carbons (Fsp3) is 0.562. The van der Waals surface area contributed by atoms with Gasteiger partial charge in [0.2, 0.25) is 0 Å². The maximum Gasteiger partial charge on any atom is 0.453 e. The van der Waals surface area contributed by atoms with E-state index in [0.29, 0.717) is 18.9 Å². The number of phenolic OH excluding ortho intramolecular Hbond substituents is 2. The molecule has 0 saturated carbocycles. The largest absolute Gasteiger partial charge is 0.508 e. The maximum absolute atomic E-state index is 13.0. The predicted molar refractivity (Wildman–Crippen MR) is 160 cm³/mol. The summed E-state index contributed by atoms with van der Waals surface area (Å²) in [6.45, 7) is 2.90. The minimum Gasteiger partial charge on any atom is -0.508 e. The van der Waals surface area contributed by atoms with Gasteiger partial charge in [0.05, 0.1) is 13.2 Å². The zero-order chi connectivity index (χ0) is 33.1. The number of unbranched alkanes of at least 4 members (excludes halogenated alkanes) is 6. The van der Waals surface area contributed by atoms with Gasteiger partial charge >= 0.3 is 18.1 Å². The van der Waals surface area contributed by atoms with Crippen molar-refractivity contribution in [2.24, 2.45) is 5.73 Å². The number of phenols is 2. The minimum absolute atomic E-state index is 0.170. The first-order chi connectivity index (χ1) is 21.2. The van der Waals surface area contributed by atoms with Crippen LogP contribution in [0.15, 0.2) is 42.5 Å². The third-order valence-corrected chi connectivity index (χ3v) is 8.33. The van der Waals surface area contributed by atoms with Crippen LogP contribution in [-0.4, -0.2) is 59.4 Å². The van der Waals surface area contributed by atoms with Gasteiger partial charge in [-0.3, -0.25) is 4.99 Å². The molecule has 2 aromatic rings. The summed E-state index contributed by atoms with van der Waals surface area (Å²) < 4.78 is 68.8. The number of carbonyl (C=O) groups is 1. The number of aromatic hydroxyl groups is 2. The topological polar surface area (TPSA) is 122 Å². The SMILES string of the molecule is CC1(c2ccc(O)cc2)COc2cc(O)ccc2C1CCCCCCCCC[NH+]=CN(NCCCC(F)(F)C(F)(F)F)C(N)=O. The Balaban J connectivity index is 1.35. The molecule has 2 atom stereocenters. The van der Waals surface area contributed by atoms with E-state index in [2.05, 4.69) is 17.3 Å². The van der Waals surface area contributed by atoms with Crippen molar-refractivity contribution in [1.29, 1.82) is 0 Å². The Morgan fingerprint density at radius 2 is 1.62 bits per heavy atom. The molecule has 2 aromatic carbocycles. The van der Waals surface area contributed by atoms with Gasteiger partial charge in [0.1, 0.15) is 17.2 Å². The van der Waals surface area contributed by atoms with Crippen LogP contribution in [-0.2, 0) is 5.41 Å². The number of primary amides is 1. The average Bonchev–Trinajstić information content (AvgIpc) is 2.97. The average molecular weight is 644 g/mol.